The molecule has 0 bridgehead atoms. The molecule has 3 aromatic rings. The summed E-state index contributed by atoms with van der Waals surface area (Å²) in [7, 11) is 1.52. The van der Waals surface area contributed by atoms with Gasteiger partial charge in [-0.15, -0.1) is 0 Å². The van der Waals surface area contributed by atoms with Crippen molar-refractivity contribution < 1.29 is 18.8 Å². The third kappa shape index (κ3) is 5.29. The normalized spacial score (nSPS) is 10.7. The number of ether oxygens (including phenoxy) is 2. The number of hydrazone groups is 1. The quantitative estimate of drug-likeness (QED) is 0.337. The Morgan fingerprint density at radius 3 is 2.55 bits per heavy atom. The first kappa shape index (κ1) is 19.8. The van der Waals surface area contributed by atoms with Crippen LogP contribution in [0.15, 0.2) is 71.8 Å². The van der Waals surface area contributed by atoms with Crippen LogP contribution in [0.25, 0.3) is 0 Å². The van der Waals surface area contributed by atoms with E-state index in [1.54, 1.807) is 54.7 Å². The number of nitrogens with one attached hydrogen (secondary N) is 1. The van der Waals surface area contributed by atoms with Crippen molar-refractivity contribution in [1.82, 2.24) is 0 Å². The molecular weight excluding hydrogens is 377 g/mol. The number of non-ortho nitro benzene ring substituents is 1. The molecule has 0 unspecified atom stereocenters. The predicted molar refractivity (Wildman–Crippen MR) is 108 cm³/mol. The van der Waals surface area contributed by atoms with E-state index in [2.05, 4.69) is 10.5 Å². The number of rotatable bonds is 8. The van der Waals surface area contributed by atoms with E-state index in [9.17, 15) is 14.5 Å². The first-order valence-electron chi connectivity index (χ1n) is 8.64. The third-order valence-corrected chi connectivity index (χ3v) is 4.01. The van der Waals surface area contributed by atoms with Gasteiger partial charge in [0.1, 0.15) is 12.4 Å². The highest BCUT2D eigenvalue weighted by Gasteiger charge is 2.08. The third-order valence-electron chi connectivity index (χ3n) is 4.01. The molecule has 0 radical (unpaired) electrons. The first-order chi connectivity index (χ1) is 14.1. The molecular formula is C21H18FN3O4. The smallest absolute Gasteiger partial charge is 0.269 e. The predicted octanol–water partition coefficient (Wildman–Crippen LogP) is 4.77. The summed E-state index contributed by atoms with van der Waals surface area (Å²) in [6.07, 6.45) is 1.57. The lowest BCUT2D eigenvalue weighted by molar-refractivity contribution is -0.384. The van der Waals surface area contributed by atoms with Gasteiger partial charge in [-0.2, -0.15) is 5.10 Å². The lowest BCUT2D eigenvalue weighted by Gasteiger charge is -2.11. The summed E-state index contributed by atoms with van der Waals surface area (Å²) in [5, 5.41) is 14.8. The second-order valence-electron chi connectivity index (χ2n) is 5.96. The molecule has 0 saturated heterocycles. The highest BCUT2D eigenvalue weighted by Crippen LogP contribution is 2.28. The Hall–Kier alpha value is -3.94. The van der Waals surface area contributed by atoms with Gasteiger partial charge in [0.2, 0.25) is 0 Å². The average Bonchev–Trinajstić information content (AvgIpc) is 2.74. The summed E-state index contributed by atoms with van der Waals surface area (Å²) in [5.74, 6) is 0.643. The van der Waals surface area contributed by atoms with Crippen LogP contribution in [-0.2, 0) is 6.61 Å². The van der Waals surface area contributed by atoms with Gasteiger partial charge in [0, 0.05) is 17.7 Å². The van der Waals surface area contributed by atoms with E-state index in [1.807, 2.05) is 0 Å². The van der Waals surface area contributed by atoms with Crippen LogP contribution in [0.2, 0.25) is 0 Å². The number of methoxy groups -OCH3 is 1. The fraction of sp³-hybridized carbons (Fsp3) is 0.0952. The van der Waals surface area contributed by atoms with Crippen LogP contribution >= 0.6 is 0 Å². The van der Waals surface area contributed by atoms with Gasteiger partial charge < -0.3 is 9.47 Å². The van der Waals surface area contributed by atoms with E-state index in [0.717, 1.165) is 5.56 Å². The molecule has 0 aliphatic heterocycles. The monoisotopic (exact) mass is 395 g/mol. The second kappa shape index (κ2) is 9.32. The van der Waals surface area contributed by atoms with Crippen LogP contribution in [0, 0.1) is 15.9 Å². The zero-order valence-electron chi connectivity index (χ0n) is 15.5. The Morgan fingerprint density at radius 1 is 1.10 bits per heavy atom. The number of nitro benzene ring substituents is 1. The Labute approximate surface area is 166 Å². The largest absolute Gasteiger partial charge is 0.493 e. The maximum absolute atomic E-state index is 13.7. The fourth-order valence-corrected chi connectivity index (χ4v) is 2.49. The minimum atomic E-state index is -0.463. The Kier molecular flexibility index (Phi) is 6.36. The topological polar surface area (TPSA) is 86.0 Å². The molecule has 0 aliphatic carbocycles. The number of hydrogen-bond donors (Lipinski definition) is 1. The van der Waals surface area contributed by atoms with E-state index >= 15 is 0 Å². The molecule has 1 N–H and O–H groups in total. The van der Waals surface area contributed by atoms with Crippen LogP contribution < -0.4 is 14.9 Å². The summed E-state index contributed by atoms with van der Waals surface area (Å²) in [5.41, 5.74) is 4.62. The zero-order valence-corrected chi connectivity index (χ0v) is 15.5. The van der Waals surface area contributed by atoms with Crippen molar-refractivity contribution in [3.63, 3.8) is 0 Å². The van der Waals surface area contributed by atoms with Crippen molar-refractivity contribution in [2.75, 3.05) is 12.5 Å². The van der Waals surface area contributed by atoms with Gasteiger partial charge in [-0.05, 0) is 42.0 Å². The molecule has 0 saturated carbocycles. The minimum Gasteiger partial charge on any atom is -0.493 e. The van der Waals surface area contributed by atoms with E-state index in [4.69, 9.17) is 9.47 Å². The molecule has 0 aromatic heterocycles. The molecule has 7 nitrogen and oxygen atoms in total. The van der Waals surface area contributed by atoms with Crippen LogP contribution in [0.5, 0.6) is 11.5 Å². The number of halogens is 1. The minimum absolute atomic E-state index is 0.00948. The van der Waals surface area contributed by atoms with Gasteiger partial charge in [-0.1, -0.05) is 18.2 Å². The standard InChI is InChI=1S/C21H18FN3O4/c1-28-21-12-15(13-23-24-17-7-9-18(10-8-17)25(26)27)6-11-20(21)29-14-16-4-2-3-5-19(16)22/h2-13,24H,14H2,1H3. The number of benzene rings is 3. The Balaban J connectivity index is 1.64. The molecule has 0 heterocycles. The van der Waals surface area contributed by atoms with Gasteiger partial charge >= 0.3 is 0 Å². The Morgan fingerprint density at radius 2 is 1.86 bits per heavy atom. The van der Waals surface area contributed by atoms with E-state index in [-0.39, 0.29) is 18.1 Å². The average molecular weight is 395 g/mol. The van der Waals surface area contributed by atoms with E-state index < -0.39 is 4.92 Å². The number of nitro groups is 1. The highest BCUT2D eigenvalue weighted by atomic mass is 19.1. The van der Waals surface area contributed by atoms with Gasteiger partial charge in [0.25, 0.3) is 5.69 Å². The van der Waals surface area contributed by atoms with Crippen molar-refractivity contribution in [1.29, 1.82) is 0 Å². The van der Waals surface area contributed by atoms with Crippen LogP contribution in [0.1, 0.15) is 11.1 Å². The summed E-state index contributed by atoms with van der Waals surface area (Å²) < 4.78 is 24.7. The number of nitrogens with zero attached hydrogens (tertiary/aromatic N) is 2. The van der Waals surface area contributed by atoms with E-state index in [1.165, 1.54) is 25.3 Å². The summed E-state index contributed by atoms with van der Waals surface area (Å²) in [6, 6.07) is 17.6. The lowest BCUT2D eigenvalue weighted by atomic mass is 10.2. The van der Waals surface area contributed by atoms with Crippen LogP contribution in [0.3, 0.4) is 0 Å². The van der Waals surface area contributed by atoms with Crippen LogP contribution in [0.4, 0.5) is 15.8 Å². The second-order valence-corrected chi connectivity index (χ2v) is 5.96. The van der Waals surface area contributed by atoms with Crippen molar-refractivity contribution in [2.45, 2.75) is 6.61 Å². The molecule has 29 heavy (non-hydrogen) atoms. The summed E-state index contributed by atoms with van der Waals surface area (Å²) >= 11 is 0. The molecule has 8 heteroatoms. The van der Waals surface area contributed by atoms with Crippen LogP contribution in [-0.4, -0.2) is 18.2 Å². The SMILES string of the molecule is COc1cc(C=NNc2ccc([N+](=O)[O-])cc2)ccc1OCc1ccccc1F. The number of anilines is 1. The van der Waals surface area contributed by atoms with Crippen molar-refractivity contribution in [3.8, 4) is 11.5 Å². The molecule has 0 amide bonds. The van der Waals surface area contributed by atoms with Gasteiger partial charge in [0.05, 0.1) is 23.9 Å². The lowest BCUT2D eigenvalue weighted by Crippen LogP contribution is -2.00. The van der Waals surface area contributed by atoms with Crippen molar-refractivity contribution >= 4 is 17.6 Å². The van der Waals surface area contributed by atoms with Gasteiger partial charge in [0.15, 0.2) is 11.5 Å². The maximum Gasteiger partial charge on any atom is 0.269 e. The number of hydrogen-bond acceptors (Lipinski definition) is 6. The molecule has 0 aliphatic rings. The van der Waals surface area contributed by atoms with Gasteiger partial charge in [-0.25, -0.2) is 4.39 Å². The highest BCUT2D eigenvalue weighted by molar-refractivity contribution is 5.81. The molecule has 0 fully saturated rings. The van der Waals surface area contributed by atoms with Crippen molar-refractivity contribution in [3.05, 3.63) is 93.8 Å². The molecule has 3 rings (SSSR count). The van der Waals surface area contributed by atoms with E-state index in [0.29, 0.717) is 22.7 Å². The molecule has 3 aromatic carbocycles. The molecule has 0 atom stereocenters. The molecule has 0 spiro atoms. The molecule has 148 valence electrons. The maximum atomic E-state index is 13.7. The van der Waals surface area contributed by atoms with Gasteiger partial charge in [-0.3, -0.25) is 15.5 Å². The van der Waals surface area contributed by atoms with Crippen molar-refractivity contribution in [2.24, 2.45) is 5.10 Å². The summed E-state index contributed by atoms with van der Waals surface area (Å²) in [6.45, 7) is 0.0815. The first-order valence-corrected chi connectivity index (χ1v) is 8.64. The Bertz CT molecular complexity index is 1020. The zero-order chi connectivity index (χ0) is 20.6. The fourth-order valence-electron chi connectivity index (χ4n) is 2.49. The summed E-state index contributed by atoms with van der Waals surface area (Å²) in [4.78, 5) is 10.2.